The van der Waals surface area contributed by atoms with Crippen LogP contribution < -0.4 is 5.32 Å². The van der Waals surface area contributed by atoms with Crippen molar-refractivity contribution in [2.45, 2.75) is 391 Å². The first-order valence-electron chi connectivity index (χ1n) is 34.7. The fourth-order valence-corrected chi connectivity index (χ4v) is 11.2. The lowest BCUT2D eigenvalue weighted by Crippen LogP contribution is -2.60. The molecule has 0 aromatic heterocycles. The molecule has 1 amide bonds. The van der Waals surface area contributed by atoms with Gasteiger partial charge in [0.05, 0.1) is 25.4 Å². The largest absolute Gasteiger partial charge is 0.394 e. The second kappa shape index (κ2) is 59.6. The van der Waals surface area contributed by atoms with Gasteiger partial charge in [-0.1, -0.05) is 320 Å². The first kappa shape index (κ1) is 75.4. The van der Waals surface area contributed by atoms with Crippen LogP contribution in [-0.4, -0.2) is 87.5 Å². The van der Waals surface area contributed by atoms with Gasteiger partial charge in [-0.2, -0.15) is 0 Å². The van der Waals surface area contributed by atoms with Gasteiger partial charge in [0.2, 0.25) is 5.91 Å². The molecule has 7 unspecified atom stereocenters. The highest BCUT2D eigenvalue weighted by Crippen LogP contribution is 2.23. The van der Waals surface area contributed by atoms with Gasteiger partial charge in [0, 0.05) is 6.42 Å². The Labute approximate surface area is 489 Å². The Bertz CT molecular complexity index is 1340. The number of amides is 1. The zero-order valence-corrected chi connectivity index (χ0v) is 52.2. The van der Waals surface area contributed by atoms with Crippen molar-refractivity contribution in [1.29, 1.82) is 0 Å². The Morgan fingerprint density at radius 1 is 0.418 bits per heavy atom. The van der Waals surface area contributed by atoms with E-state index in [9.17, 15) is 30.3 Å². The minimum absolute atomic E-state index is 0.180. The van der Waals surface area contributed by atoms with Crippen LogP contribution in [0.2, 0.25) is 0 Å². The Kier molecular flexibility index (Phi) is 56.9. The molecule has 1 fully saturated rings. The summed E-state index contributed by atoms with van der Waals surface area (Å²) in [5, 5.41) is 54.6. The molecule has 1 heterocycles. The van der Waals surface area contributed by atoms with Gasteiger partial charge in [-0.15, -0.1) is 0 Å². The normalized spacial score (nSPS) is 18.7. The van der Waals surface area contributed by atoms with Gasteiger partial charge in [-0.25, -0.2) is 0 Å². The predicted molar refractivity (Wildman–Crippen MR) is 337 cm³/mol. The number of hydrogen-bond acceptors (Lipinski definition) is 8. The van der Waals surface area contributed by atoms with Gasteiger partial charge in [0.25, 0.3) is 0 Å². The van der Waals surface area contributed by atoms with E-state index in [0.29, 0.717) is 6.42 Å². The molecular weight excluding hydrogens is 983 g/mol. The molecule has 0 saturated carbocycles. The van der Waals surface area contributed by atoms with Gasteiger partial charge < -0.3 is 40.3 Å². The minimum Gasteiger partial charge on any atom is -0.394 e. The molecule has 0 aromatic rings. The first-order valence-corrected chi connectivity index (χ1v) is 34.7. The number of unbranched alkanes of at least 4 members (excludes halogenated alkanes) is 47. The van der Waals surface area contributed by atoms with Gasteiger partial charge in [0.1, 0.15) is 24.4 Å². The number of rotatable bonds is 61. The number of aliphatic hydroxyl groups is 5. The smallest absolute Gasteiger partial charge is 0.220 e. The van der Waals surface area contributed by atoms with Crippen LogP contribution in [0.5, 0.6) is 0 Å². The van der Waals surface area contributed by atoms with Gasteiger partial charge in [-0.05, 0) is 57.8 Å². The number of nitrogens with one attached hydrogen (secondary N) is 1. The first-order chi connectivity index (χ1) is 38.8. The van der Waals surface area contributed by atoms with Crippen LogP contribution in [0.3, 0.4) is 0 Å². The average molecular weight is 1120 g/mol. The maximum absolute atomic E-state index is 13.1. The lowest BCUT2D eigenvalue weighted by atomic mass is 9.99. The van der Waals surface area contributed by atoms with E-state index in [0.717, 1.165) is 38.5 Å². The zero-order valence-electron chi connectivity index (χ0n) is 52.2. The summed E-state index contributed by atoms with van der Waals surface area (Å²) in [5.74, 6) is -0.180. The maximum Gasteiger partial charge on any atom is 0.220 e. The van der Waals surface area contributed by atoms with Crippen LogP contribution in [0, 0.1) is 0 Å². The Morgan fingerprint density at radius 2 is 0.722 bits per heavy atom. The van der Waals surface area contributed by atoms with Crippen molar-refractivity contribution in [3.05, 3.63) is 36.5 Å². The summed E-state index contributed by atoms with van der Waals surface area (Å²) in [6.07, 6.45) is 72.7. The van der Waals surface area contributed by atoms with Crippen LogP contribution in [0.1, 0.15) is 348 Å². The van der Waals surface area contributed by atoms with E-state index in [2.05, 4.69) is 43.5 Å². The molecule has 1 saturated heterocycles. The second-order valence-electron chi connectivity index (χ2n) is 24.3. The third-order valence-electron chi connectivity index (χ3n) is 16.7. The quantitative estimate of drug-likeness (QED) is 0.0261. The molecule has 1 aliphatic rings. The molecule has 0 radical (unpaired) electrons. The summed E-state index contributed by atoms with van der Waals surface area (Å²) in [6, 6.07) is -0.820. The fraction of sp³-hybridized carbons (Fsp3) is 0.900. The molecule has 7 atom stereocenters. The van der Waals surface area contributed by atoms with Gasteiger partial charge >= 0.3 is 0 Å². The summed E-state index contributed by atoms with van der Waals surface area (Å²) in [4.78, 5) is 13.1. The Morgan fingerprint density at radius 3 is 1.06 bits per heavy atom. The van der Waals surface area contributed by atoms with Crippen LogP contribution in [0.4, 0.5) is 0 Å². The summed E-state index contributed by atoms with van der Waals surface area (Å²) in [7, 11) is 0. The van der Waals surface area contributed by atoms with E-state index in [1.54, 1.807) is 6.08 Å². The molecular formula is C70H133NO8. The number of ether oxygens (including phenoxy) is 2. The van der Waals surface area contributed by atoms with Crippen molar-refractivity contribution in [3.8, 4) is 0 Å². The van der Waals surface area contributed by atoms with Crippen LogP contribution in [0.15, 0.2) is 36.5 Å². The van der Waals surface area contributed by atoms with Crippen LogP contribution in [0.25, 0.3) is 0 Å². The van der Waals surface area contributed by atoms with E-state index in [4.69, 9.17) is 9.47 Å². The average Bonchev–Trinajstić information content (AvgIpc) is 3.48. The Hall–Kier alpha value is -1.59. The van der Waals surface area contributed by atoms with E-state index in [1.807, 2.05) is 6.08 Å². The van der Waals surface area contributed by atoms with Crippen molar-refractivity contribution in [3.63, 3.8) is 0 Å². The number of allylic oxidation sites excluding steroid dienone is 5. The lowest BCUT2D eigenvalue weighted by Gasteiger charge is -2.40. The summed E-state index contributed by atoms with van der Waals surface area (Å²) in [6.45, 7) is 3.80. The van der Waals surface area contributed by atoms with E-state index in [-0.39, 0.29) is 12.5 Å². The molecule has 1 rings (SSSR count). The van der Waals surface area contributed by atoms with Crippen molar-refractivity contribution in [2.75, 3.05) is 13.2 Å². The van der Waals surface area contributed by atoms with E-state index >= 15 is 0 Å². The van der Waals surface area contributed by atoms with Crippen LogP contribution in [-0.2, 0) is 14.3 Å². The molecule has 9 heteroatoms. The molecule has 0 aliphatic carbocycles. The number of carbonyl (C=O) groups excluding carboxylic acids is 1. The van der Waals surface area contributed by atoms with Crippen molar-refractivity contribution < 1.29 is 39.8 Å². The highest BCUT2D eigenvalue weighted by Gasteiger charge is 2.44. The van der Waals surface area contributed by atoms with Crippen molar-refractivity contribution in [2.24, 2.45) is 0 Å². The molecule has 466 valence electrons. The maximum atomic E-state index is 13.1. The molecule has 6 N–H and O–H groups in total. The summed E-state index contributed by atoms with van der Waals surface area (Å²) >= 11 is 0. The summed E-state index contributed by atoms with van der Waals surface area (Å²) in [5.41, 5.74) is 0. The van der Waals surface area contributed by atoms with Crippen LogP contribution >= 0.6 is 0 Å². The van der Waals surface area contributed by atoms with E-state index < -0.39 is 49.5 Å². The van der Waals surface area contributed by atoms with Gasteiger partial charge in [-0.3, -0.25) is 4.79 Å². The van der Waals surface area contributed by atoms with Crippen molar-refractivity contribution in [1.82, 2.24) is 5.32 Å². The third-order valence-corrected chi connectivity index (χ3v) is 16.7. The molecule has 0 aromatic carbocycles. The van der Waals surface area contributed by atoms with E-state index in [1.165, 1.54) is 289 Å². The Balaban J connectivity index is 2.05. The second-order valence-corrected chi connectivity index (χ2v) is 24.3. The fourth-order valence-electron chi connectivity index (χ4n) is 11.2. The molecule has 0 bridgehead atoms. The SMILES string of the molecule is CCCCCCCCCC/C=C\CCCCCCCCCCCCCCCCCCCCCCCCCCCCCC(=O)NC(COC1OC(CO)C(O)C(O)C1O)C(O)/C=C/CC/C=C/CCCCCCCCCCCCC. The van der Waals surface area contributed by atoms with Gasteiger partial charge in [0.15, 0.2) is 6.29 Å². The summed E-state index contributed by atoms with van der Waals surface area (Å²) < 4.78 is 11.3. The molecule has 79 heavy (non-hydrogen) atoms. The monoisotopic (exact) mass is 1120 g/mol. The standard InChI is InChI=1S/C70H133NO8/c1-3-5-7-9-11-13-15-17-19-21-22-23-24-25-26-27-28-29-30-31-32-33-34-35-36-37-38-39-40-41-42-44-46-48-50-52-54-56-58-60-66(74)71-63(62-78-70-69(77)68(76)67(75)65(61-72)79-70)64(73)59-57-55-53-51-49-47-45-43-20-18-16-14-12-10-8-6-4-2/h21-22,49,51,57,59,63-65,67-70,72-73,75-77H,3-20,23-48,50,52-56,58,60-62H2,1-2H3,(H,71,74)/b22-21-,51-49+,59-57+. The molecule has 1 aliphatic heterocycles. The van der Waals surface area contributed by atoms with Crippen molar-refractivity contribution >= 4 is 5.91 Å². The third kappa shape index (κ3) is 48.5. The zero-order chi connectivity index (χ0) is 57.2. The molecule has 0 spiro atoms. The highest BCUT2D eigenvalue weighted by molar-refractivity contribution is 5.76. The number of hydrogen-bond donors (Lipinski definition) is 6. The number of carbonyl (C=O) groups is 1. The lowest BCUT2D eigenvalue weighted by molar-refractivity contribution is -0.302. The topological polar surface area (TPSA) is 149 Å². The predicted octanol–water partition coefficient (Wildman–Crippen LogP) is 18.6. The molecule has 9 nitrogen and oxygen atoms in total. The minimum atomic E-state index is -1.57. The number of aliphatic hydroxyl groups excluding tert-OH is 5. The highest BCUT2D eigenvalue weighted by atomic mass is 16.7.